The Bertz CT molecular complexity index is 401. The molecule has 2 aliphatic heterocycles. The van der Waals surface area contributed by atoms with Crippen LogP contribution < -0.4 is 11.1 Å². The molecule has 0 radical (unpaired) electrons. The third-order valence-electron chi connectivity index (χ3n) is 3.29. The number of nitrogens with one attached hydrogen (secondary N) is 1. The van der Waals surface area contributed by atoms with Crippen LogP contribution in [0.4, 0.5) is 5.82 Å². The van der Waals surface area contributed by atoms with Crippen LogP contribution in [0.1, 0.15) is 35.8 Å². The van der Waals surface area contributed by atoms with Gasteiger partial charge in [-0.05, 0) is 19.4 Å². The molecule has 3 N–H and O–H groups in total. The molecule has 1 aromatic heterocycles. The van der Waals surface area contributed by atoms with E-state index >= 15 is 0 Å². The van der Waals surface area contributed by atoms with Crippen LogP contribution in [0.15, 0.2) is 0 Å². The maximum Gasteiger partial charge on any atom is 0.135 e. The van der Waals surface area contributed by atoms with Crippen molar-refractivity contribution in [2.24, 2.45) is 0 Å². The number of piperidine rings is 1. The molecule has 0 spiro atoms. The van der Waals surface area contributed by atoms with Gasteiger partial charge < -0.3 is 11.1 Å². The number of rotatable bonds is 1. The van der Waals surface area contributed by atoms with Crippen LogP contribution in [-0.4, -0.2) is 23.1 Å². The lowest BCUT2D eigenvalue weighted by molar-refractivity contribution is 0.446. The summed E-state index contributed by atoms with van der Waals surface area (Å²) < 4.78 is 0. The van der Waals surface area contributed by atoms with Gasteiger partial charge in [0, 0.05) is 29.5 Å². The second-order valence-electron chi connectivity index (χ2n) is 4.43. The van der Waals surface area contributed by atoms with Crippen LogP contribution in [0.5, 0.6) is 0 Å². The summed E-state index contributed by atoms with van der Waals surface area (Å²) in [6.45, 7) is 2.11. The molecule has 0 amide bonds. The smallest absolute Gasteiger partial charge is 0.135 e. The minimum absolute atomic E-state index is 0.451. The van der Waals surface area contributed by atoms with Gasteiger partial charge in [0.2, 0.25) is 0 Å². The molecule has 1 fully saturated rings. The summed E-state index contributed by atoms with van der Waals surface area (Å²) in [7, 11) is 0. The van der Waals surface area contributed by atoms with Gasteiger partial charge in [0.25, 0.3) is 0 Å². The van der Waals surface area contributed by atoms with Crippen molar-refractivity contribution in [2.45, 2.75) is 30.3 Å². The van der Waals surface area contributed by atoms with Gasteiger partial charge in [0.05, 0.1) is 5.69 Å². The Balaban J connectivity index is 1.92. The van der Waals surface area contributed by atoms with Crippen molar-refractivity contribution >= 4 is 17.6 Å². The molecule has 0 bridgehead atoms. The molecule has 86 valence electrons. The first-order valence-electron chi connectivity index (χ1n) is 5.78. The van der Waals surface area contributed by atoms with Crippen LogP contribution >= 0.6 is 11.8 Å². The molecule has 0 aliphatic carbocycles. The number of anilines is 1. The summed E-state index contributed by atoms with van der Waals surface area (Å²) in [4.78, 5) is 9.17. The lowest BCUT2D eigenvalue weighted by Crippen LogP contribution is -2.29. The zero-order valence-corrected chi connectivity index (χ0v) is 10.0. The summed E-state index contributed by atoms with van der Waals surface area (Å²) in [5, 5.41) is 3.39. The third kappa shape index (κ3) is 1.78. The average Bonchev–Trinajstić information content (AvgIpc) is 2.79. The number of thioether (sulfide) groups is 1. The summed E-state index contributed by atoms with van der Waals surface area (Å²) in [5.74, 6) is 4.08. The standard InChI is InChI=1S/C11H16N4S/c12-10-8-5-16-6-9(8)14-11(15-10)7-2-1-3-13-4-7/h7,13H,1-6H2,(H2,12,14,15). The predicted molar refractivity (Wildman–Crippen MR) is 66.3 cm³/mol. The number of aromatic nitrogens is 2. The van der Waals surface area contributed by atoms with Crippen LogP contribution in [-0.2, 0) is 11.5 Å². The molecule has 1 saturated heterocycles. The second-order valence-corrected chi connectivity index (χ2v) is 5.41. The number of hydrogen-bond donors (Lipinski definition) is 2. The van der Waals surface area contributed by atoms with Crippen LogP contribution in [0.3, 0.4) is 0 Å². The number of nitrogens with zero attached hydrogens (tertiary/aromatic N) is 2. The van der Waals surface area contributed by atoms with Gasteiger partial charge in [-0.2, -0.15) is 11.8 Å². The third-order valence-corrected chi connectivity index (χ3v) is 4.26. The van der Waals surface area contributed by atoms with E-state index in [9.17, 15) is 0 Å². The number of hydrogen-bond acceptors (Lipinski definition) is 5. The highest BCUT2D eigenvalue weighted by molar-refractivity contribution is 7.98. The van der Waals surface area contributed by atoms with Gasteiger partial charge >= 0.3 is 0 Å². The largest absolute Gasteiger partial charge is 0.383 e. The van der Waals surface area contributed by atoms with Gasteiger partial charge in [0.1, 0.15) is 11.6 Å². The van der Waals surface area contributed by atoms with Crippen molar-refractivity contribution in [1.82, 2.24) is 15.3 Å². The summed E-state index contributed by atoms with van der Waals surface area (Å²) in [6, 6.07) is 0. The van der Waals surface area contributed by atoms with Crippen molar-refractivity contribution in [3.8, 4) is 0 Å². The van der Waals surface area contributed by atoms with E-state index in [1.54, 1.807) is 0 Å². The van der Waals surface area contributed by atoms with Crippen molar-refractivity contribution < 1.29 is 0 Å². The normalized spacial score (nSPS) is 24.4. The zero-order chi connectivity index (χ0) is 11.0. The molecular weight excluding hydrogens is 220 g/mol. The Morgan fingerprint density at radius 1 is 1.31 bits per heavy atom. The first kappa shape index (κ1) is 10.4. The minimum Gasteiger partial charge on any atom is -0.383 e. The highest BCUT2D eigenvalue weighted by atomic mass is 32.2. The average molecular weight is 236 g/mol. The van der Waals surface area contributed by atoms with Gasteiger partial charge in [-0.25, -0.2) is 9.97 Å². The molecule has 3 heterocycles. The van der Waals surface area contributed by atoms with E-state index in [2.05, 4.69) is 15.3 Å². The van der Waals surface area contributed by atoms with E-state index in [-0.39, 0.29) is 0 Å². The van der Waals surface area contributed by atoms with Crippen LogP contribution in [0.2, 0.25) is 0 Å². The fourth-order valence-corrected chi connectivity index (χ4v) is 3.40. The predicted octanol–water partition coefficient (Wildman–Crippen LogP) is 1.27. The summed E-state index contributed by atoms with van der Waals surface area (Å²) >= 11 is 1.87. The van der Waals surface area contributed by atoms with E-state index in [4.69, 9.17) is 5.73 Å². The van der Waals surface area contributed by atoms with E-state index < -0.39 is 0 Å². The molecule has 16 heavy (non-hydrogen) atoms. The lowest BCUT2D eigenvalue weighted by Gasteiger charge is -2.22. The Hall–Kier alpha value is -0.810. The summed E-state index contributed by atoms with van der Waals surface area (Å²) in [6.07, 6.45) is 2.39. The Morgan fingerprint density at radius 3 is 3.06 bits per heavy atom. The van der Waals surface area contributed by atoms with E-state index in [0.29, 0.717) is 11.7 Å². The Labute approximate surface area is 99.4 Å². The molecule has 5 heteroatoms. The SMILES string of the molecule is Nc1nc(C2CCCNC2)nc2c1CSC2. The maximum absolute atomic E-state index is 5.99. The second kappa shape index (κ2) is 4.22. The van der Waals surface area contributed by atoms with E-state index in [1.807, 2.05) is 11.8 Å². The highest BCUT2D eigenvalue weighted by Gasteiger charge is 2.23. The van der Waals surface area contributed by atoms with Gasteiger partial charge in [-0.1, -0.05) is 0 Å². The number of fused-ring (bicyclic) bond motifs is 1. The van der Waals surface area contributed by atoms with Crippen molar-refractivity contribution in [1.29, 1.82) is 0 Å². The fourth-order valence-electron chi connectivity index (χ4n) is 2.35. The van der Waals surface area contributed by atoms with Crippen molar-refractivity contribution in [2.75, 3.05) is 18.8 Å². The number of nitrogens with two attached hydrogens (primary N) is 1. The lowest BCUT2D eigenvalue weighted by atomic mass is 9.98. The van der Waals surface area contributed by atoms with Gasteiger partial charge in [-0.15, -0.1) is 0 Å². The topological polar surface area (TPSA) is 63.8 Å². The Kier molecular flexibility index (Phi) is 2.73. The van der Waals surface area contributed by atoms with Crippen LogP contribution in [0, 0.1) is 0 Å². The highest BCUT2D eigenvalue weighted by Crippen LogP contribution is 2.33. The molecule has 1 atom stereocenters. The monoisotopic (exact) mass is 236 g/mol. The maximum atomic E-state index is 5.99. The molecule has 2 aliphatic rings. The first-order chi connectivity index (χ1) is 7.84. The Morgan fingerprint density at radius 2 is 2.25 bits per heavy atom. The quantitative estimate of drug-likeness (QED) is 0.769. The van der Waals surface area contributed by atoms with E-state index in [0.717, 1.165) is 41.7 Å². The molecule has 0 aromatic carbocycles. The summed E-state index contributed by atoms with van der Waals surface area (Å²) in [5.41, 5.74) is 8.32. The number of nitrogen functional groups attached to an aromatic ring is 1. The molecule has 3 rings (SSSR count). The molecule has 0 saturated carbocycles. The molecule has 1 unspecified atom stereocenters. The molecule has 4 nitrogen and oxygen atoms in total. The van der Waals surface area contributed by atoms with Crippen molar-refractivity contribution in [3.05, 3.63) is 17.1 Å². The van der Waals surface area contributed by atoms with Crippen LogP contribution in [0.25, 0.3) is 0 Å². The van der Waals surface area contributed by atoms with Crippen molar-refractivity contribution in [3.63, 3.8) is 0 Å². The van der Waals surface area contributed by atoms with E-state index in [1.165, 1.54) is 12.8 Å². The molecular formula is C11H16N4S. The zero-order valence-electron chi connectivity index (χ0n) is 9.20. The first-order valence-corrected chi connectivity index (χ1v) is 6.93. The van der Waals surface area contributed by atoms with Gasteiger partial charge in [-0.3, -0.25) is 0 Å². The minimum atomic E-state index is 0.451. The van der Waals surface area contributed by atoms with Gasteiger partial charge in [0.15, 0.2) is 0 Å². The molecule has 1 aromatic rings. The fraction of sp³-hybridized carbons (Fsp3) is 0.636.